The SMILES string of the molecule is CN.Oc1cccc(O)c1O. The van der Waals surface area contributed by atoms with Crippen LogP contribution in [-0.4, -0.2) is 22.4 Å². The van der Waals surface area contributed by atoms with Crippen LogP contribution in [-0.2, 0) is 0 Å². The van der Waals surface area contributed by atoms with Gasteiger partial charge in [0.05, 0.1) is 0 Å². The van der Waals surface area contributed by atoms with Crippen molar-refractivity contribution in [2.75, 3.05) is 7.05 Å². The quantitative estimate of drug-likeness (QED) is 0.410. The van der Waals surface area contributed by atoms with E-state index in [2.05, 4.69) is 5.73 Å². The van der Waals surface area contributed by atoms with Gasteiger partial charge in [0, 0.05) is 0 Å². The molecular formula is C7H11NO3. The first-order valence-corrected chi connectivity index (χ1v) is 2.99. The van der Waals surface area contributed by atoms with Crippen LogP contribution >= 0.6 is 0 Å². The molecule has 0 heterocycles. The number of aromatic hydroxyl groups is 3. The van der Waals surface area contributed by atoms with E-state index in [4.69, 9.17) is 15.3 Å². The molecule has 0 saturated carbocycles. The van der Waals surface area contributed by atoms with E-state index in [9.17, 15) is 0 Å². The zero-order chi connectivity index (χ0) is 8.85. The van der Waals surface area contributed by atoms with Gasteiger partial charge in [-0.15, -0.1) is 0 Å². The zero-order valence-electron chi connectivity index (χ0n) is 6.15. The van der Waals surface area contributed by atoms with E-state index in [-0.39, 0.29) is 11.5 Å². The first-order valence-electron chi connectivity index (χ1n) is 2.99. The van der Waals surface area contributed by atoms with Crippen LogP contribution < -0.4 is 5.73 Å². The highest BCUT2D eigenvalue weighted by Crippen LogP contribution is 2.32. The number of benzene rings is 1. The summed E-state index contributed by atoms with van der Waals surface area (Å²) < 4.78 is 0. The van der Waals surface area contributed by atoms with Crippen molar-refractivity contribution in [3.05, 3.63) is 18.2 Å². The second kappa shape index (κ2) is 4.40. The predicted octanol–water partition coefficient (Wildman–Crippen LogP) is 0.378. The third-order valence-corrected chi connectivity index (χ3v) is 0.993. The van der Waals surface area contributed by atoms with Gasteiger partial charge in [-0.1, -0.05) is 6.07 Å². The average Bonchev–Trinajstić information content (AvgIpc) is 2.04. The molecule has 1 aromatic carbocycles. The van der Waals surface area contributed by atoms with Gasteiger partial charge in [-0.25, -0.2) is 0 Å². The summed E-state index contributed by atoms with van der Waals surface area (Å²) in [7, 11) is 1.50. The highest BCUT2D eigenvalue weighted by atomic mass is 16.3. The van der Waals surface area contributed by atoms with Gasteiger partial charge in [-0.2, -0.15) is 0 Å². The Bertz CT molecular complexity index is 205. The summed E-state index contributed by atoms with van der Waals surface area (Å²) in [5.41, 5.74) is 4.50. The van der Waals surface area contributed by atoms with Gasteiger partial charge in [-0.3, -0.25) is 0 Å². The number of phenolic OH excluding ortho intramolecular Hbond substituents is 3. The lowest BCUT2D eigenvalue weighted by molar-refractivity contribution is 0.368. The molecule has 11 heavy (non-hydrogen) atoms. The van der Waals surface area contributed by atoms with Crippen molar-refractivity contribution < 1.29 is 15.3 Å². The van der Waals surface area contributed by atoms with Crippen LogP contribution in [0, 0.1) is 0 Å². The Hall–Kier alpha value is -1.42. The summed E-state index contributed by atoms with van der Waals surface area (Å²) in [4.78, 5) is 0. The van der Waals surface area contributed by atoms with Crippen LogP contribution in [0.5, 0.6) is 17.2 Å². The molecule has 0 unspecified atom stereocenters. The summed E-state index contributed by atoms with van der Waals surface area (Å²) in [6.07, 6.45) is 0. The molecule has 0 aliphatic heterocycles. The molecule has 4 heteroatoms. The Morgan fingerprint density at radius 1 is 1.00 bits per heavy atom. The molecule has 0 atom stereocenters. The van der Waals surface area contributed by atoms with E-state index in [0.29, 0.717) is 0 Å². The molecule has 0 bridgehead atoms. The molecule has 62 valence electrons. The Morgan fingerprint density at radius 3 is 1.64 bits per heavy atom. The maximum Gasteiger partial charge on any atom is 0.200 e. The Labute approximate surface area is 64.5 Å². The lowest BCUT2D eigenvalue weighted by atomic mass is 10.3. The summed E-state index contributed by atoms with van der Waals surface area (Å²) in [5.74, 6) is -1.09. The van der Waals surface area contributed by atoms with E-state index in [1.807, 2.05) is 0 Å². The summed E-state index contributed by atoms with van der Waals surface area (Å²) >= 11 is 0. The minimum atomic E-state index is -0.475. The molecule has 1 aromatic rings. The first kappa shape index (κ1) is 9.58. The number of nitrogens with two attached hydrogens (primary N) is 1. The summed E-state index contributed by atoms with van der Waals surface area (Å²) in [6, 6.07) is 4.01. The number of rotatable bonds is 0. The fourth-order valence-corrected chi connectivity index (χ4v) is 0.519. The first-order chi connectivity index (χ1) is 5.22. The van der Waals surface area contributed by atoms with E-state index in [1.165, 1.54) is 25.2 Å². The average molecular weight is 157 g/mol. The molecule has 0 aliphatic rings. The third kappa shape index (κ3) is 2.35. The van der Waals surface area contributed by atoms with Gasteiger partial charge in [0.2, 0.25) is 0 Å². The topological polar surface area (TPSA) is 86.7 Å². The van der Waals surface area contributed by atoms with E-state index in [0.717, 1.165) is 0 Å². The van der Waals surface area contributed by atoms with Gasteiger partial charge in [0.1, 0.15) is 0 Å². The number of phenols is 3. The fourth-order valence-electron chi connectivity index (χ4n) is 0.519. The molecular weight excluding hydrogens is 146 g/mol. The Kier molecular flexibility index (Phi) is 3.84. The van der Waals surface area contributed by atoms with Crippen LogP contribution in [0.2, 0.25) is 0 Å². The second-order valence-electron chi connectivity index (χ2n) is 1.64. The van der Waals surface area contributed by atoms with E-state index < -0.39 is 5.75 Å². The van der Waals surface area contributed by atoms with Gasteiger partial charge < -0.3 is 21.1 Å². The van der Waals surface area contributed by atoms with Crippen molar-refractivity contribution in [1.82, 2.24) is 0 Å². The smallest absolute Gasteiger partial charge is 0.200 e. The van der Waals surface area contributed by atoms with Crippen molar-refractivity contribution in [2.24, 2.45) is 5.73 Å². The Balaban J connectivity index is 0.000000461. The number of para-hydroxylation sites is 1. The molecule has 5 N–H and O–H groups in total. The molecule has 0 fully saturated rings. The fraction of sp³-hybridized carbons (Fsp3) is 0.143. The maximum absolute atomic E-state index is 8.71. The van der Waals surface area contributed by atoms with Gasteiger partial charge in [0.15, 0.2) is 17.2 Å². The van der Waals surface area contributed by atoms with Crippen molar-refractivity contribution in [3.8, 4) is 17.2 Å². The third-order valence-electron chi connectivity index (χ3n) is 0.993. The highest BCUT2D eigenvalue weighted by Gasteiger charge is 2.00. The van der Waals surface area contributed by atoms with Crippen molar-refractivity contribution in [2.45, 2.75) is 0 Å². The van der Waals surface area contributed by atoms with Crippen molar-refractivity contribution in [3.63, 3.8) is 0 Å². The lowest BCUT2D eigenvalue weighted by Gasteiger charge is -1.96. The molecule has 0 amide bonds. The molecule has 0 aliphatic carbocycles. The maximum atomic E-state index is 8.71. The van der Waals surface area contributed by atoms with Crippen molar-refractivity contribution in [1.29, 1.82) is 0 Å². The van der Waals surface area contributed by atoms with Gasteiger partial charge in [-0.05, 0) is 19.2 Å². The summed E-state index contributed by atoms with van der Waals surface area (Å²) in [6.45, 7) is 0. The number of hydrogen-bond donors (Lipinski definition) is 4. The monoisotopic (exact) mass is 157 g/mol. The Morgan fingerprint density at radius 2 is 1.36 bits per heavy atom. The number of hydrogen-bond acceptors (Lipinski definition) is 4. The van der Waals surface area contributed by atoms with Gasteiger partial charge in [0.25, 0.3) is 0 Å². The van der Waals surface area contributed by atoms with Crippen molar-refractivity contribution >= 4 is 0 Å². The van der Waals surface area contributed by atoms with E-state index >= 15 is 0 Å². The minimum Gasteiger partial charge on any atom is -0.504 e. The van der Waals surface area contributed by atoms with Crippen LogP contribution in [0.1, 0.15) is 0 Å². The lowest BCUT2D eigenvalue weighted by Crippen LogP contribution is -1.69. The van der Waals surface area contributed by atoms with Gasteiger partial charge >= 0.3 is 0 Å². The van der Waals surface area contributed by atoms with Crippen LogP contribution in [0.4, 0.5) is 0 Å². The molecule has 0 radical (unpaired) electrons. The largest absolute Gasteiger partial charge is 0.504 e. The minimum absolute atomic E-state index is 0.310. The second-order valence-corrected chi connectivity index (χ2v) is 1.64. The normalized spacial score (nSPS) is 8.18. The molecule has 0 saturated heterocycles. The predicted molar refractivity (Wildman–Crippen MR) is 41.5 cm³/mol. The zero-order valence-corrected chi connectivity index (χ0v) is 6.15. The van der Waals surface area contributed by atoms with Crippen LogP contribution in [0.3, 0.4) is 0 Å². The molecule has 4 nitrogen and oxygen atoms in total. The van der Waals surface area contributed by atoms with E-state index in [1.54, 1.807) is 0 Å². The van der Waals surface area contributed by atoms with Crippen LogP contribution in [0.25, 0.3) is 0 Å². The highest BCUT2D eigenvalue weighted by molar-refractivity contribution is 5.47. The molecule has 0 spiro atoms. The summed E-state index contributed by atoms with van der Waals surface area (Å²) in [5, 5.41) is 26.1. The molecule has 0 aromatic heterocycles. The molecule has 1 rings (SSSR count). The van der Waals surface area contributed by atoms with Crippen LogP contribution in [0.15, 0.2) is 18.2 Å². The standard InChI is InChI=1S/C6H6O3.CH5N/c7-4-2-1-3-5(8)6(4)9;1-2/h1-3,7-9H;2H2,1H3.